The first kappa shape index (κ1) is 16.8. The molecule has 110 valence electrons. The van der Waals surface area contributed by atoms with Crippen molar-refractivity contribution in [2.75, 3.05) is 6.61 Å². The summed E-state index contributed by atoms with van der Waals surface area (Å²) in [5.74, 6) is 0.267. The van der Waals surface area contributed by atoms with Gasteiger partial charge in [-0.2, -0.15) is 0 Å². The van der Waals surface area contributed by atoms with Crippen LogP contribution in [0.2, 0.25) is 10.0 Å². The van der Waals surface area contributed by atoms with Crippen molar-refractivity contribution in [3.05, 3.63) is 60.4 Å². The maximum atomic E-state index is 12.6. The van der Waals surface area contributed by atoms with E-state index in [9.17, 15) is 4.79 Å². The molecule has 6 heteroatoms. The Kier molecular flexibility index (Phi) is 5.72. The van der Waals surface area contributed by atoms with Gasteiger partial charge in [0.2, 0.25) is 0 Å². The van der Waals surface area contributed by atoms with E-state index in [-0.39, 0.29) is 5.78 Å². The number of carbonyl (C=O) groups is 1. The van der Waals surface area contributed by atoms with Crippen LogP contribution >= 0.6 is 55.1 Å². The number of halogens is 4. The molecule has 0 radical (unpaired) electrons. The van der Waals surface area contributed by atoms with Gasteiger partial charge in [-0.05, 0) is 31.2 Å². The molecule has 2 aromatic carbocycles. The molecule has 0 aliphatic heterocycles. The third-order valence-corrected chi connectivity index (χ3v) is 4.21. The molecule has 2 nitrogen and oxygen atoms in total. The normalized spacial score (nSPS) is 10.5. The van der Waals surface area contributed by atoms with Gasteiger partial charge in [0.1, 0.15) is 5.75 Å². The molecule has 0 spiro atoms. The summed E-state index contributed by atoms with van der Waals surface area (Å²) in [4.78, 5) is 12.6. The lowest BCUT2D eigenvalue weighted by molar-refractivity contribution is 0.103. The number of carbonyl (C=O) groups excluding carboxylic acids is 1. The van der Waals surface area contributed by atoms with E-state index in [1.165, 1.54) is 6.07 Å². The standard InChI is InChI=1S/C15H10Br2Cl2O2/c1-2-21-14-7-12(18)11(6-13(14)19)15(20)8-3-9(16)5-10(17)4-8/h3-7H,2H2,1H3. The molecule has 0 bridgehead atoms. The number of benzene rings is 2. The van der Waals surface area contributed by atoms with Crippen molar-refractivity contribution in [3.8, 4) is 5.75 Å². The molecular formula is C15H10Br2Cl2O2. The predicted octanol–water partition coefficient (Wildman–Crippen LogP) is 6.15. The molecular weight excluding hydrogens is 443 g/mol. The fourth-order valence-electron chi connectivity index (χ4n) is 1.81. The second-order valence-electron chi connectivity index (χ2n) is 4.18. The number of ether oxygens (including phenoxy) is 1. The van der Waals surface area contributed by atoms with Gasteiger partial charge >= 0.3 is 0 Å². The van der Waals surface area contributed by atoms with Crippen molar-refractivity contribution in [1.29, 1.82) is 0 Å². The number of rotatable bonds is 4. The molecule has 0 heterocycles. The van der Waals surface area contributed by atoms with Gasteiger partial charge < -0.3 is 4.74 Å². The lowest BCUT2D eigenvalue weighted by atomic mass is 10.0. The number of ketones is 1. The average molecular weight is 453 g/mol. The summed E-state index contributed by atoms with van der Waals surface area (Å²) < 4.78 is 6.95. The van der Waals surface area contributed by atoms with E-state index in [2.05, 4.69) is 31.9 Å². The van der Waals surface area contributed by atoms with Crippen LogP contribution in [0.25, 0.3) is 0 Å². The summed E-state index contributed by atoms with van der Waals surface area (Å²) >= 11 is 19.0. The molecule has 2 aromatic rings. The quantitative estimate of drug-likeness (QED) is 0.520. The van der Waals surface area contributed by atoms with E-state index in [0.29, 0.717) is 33.5 Å². The Balaban J connectivity index is 2.46. The van der Waals surface area contributed by atoms with Gasteiger partial charge in [-0.1, -0.05) is 55.1 Å². The van der Waals surface area contributed by atoms with E-state index in [4.69, 9.17) is 27.9 Å². The Hall–Kier alpha value is -0.550. The minimum absolute atomic E-state index is 0.202. The third-order valence-electron chi connectivity index (χ3n) is 2.69. The van der Waals surface area contributed by atoms with Gasteiger partial charge in [0.15, 0.2) is 5.78 Å². The van der Waals surface area contributed by atoms with Gasteiger partial charge in [0, 0.05) is 26.1 Å². The summed E-state index contributed by atoms with van der Waals surface area (Å²) in [6, 6.07) is 8.41. The monoisotopic (exact) mass is 450 g/mol. The molecule has 0 aliphatic rings. The van der Waals surface area contributed by atoms with Crippen molar-refractivity contribution in [2.24, 2.45) is 0 Å². The van der Waals surface area contributed by atoms with Gasteiger partial charge in [-0.25, -0.2) is 0 Å². The first-order valence-electron chi connectivity index (χ1n) is 6.05. The maximum absolute atomic E-state index is 12.6. The van der Waals surface area contributed by atoms with Crippen LogP contribution in [0.1, 0.15) is 22.8 Å². The highest BCUT2D eigenvalue weighted by atomic mass is 79.9. The molecule has 21 heavy (non-hydrogen) atoms. The smallest absolute Gasteiger partial charge is 0.194 e. The zero-order valence-corrected chi connectivity index (χ0v) is 15.6. The first-order valence-corrected chi connectivity index (χ1v) is 8.39. The van der Waals surface area contributed by atoms with Crippen LogP contribution in [0, 0.1) is 0 Å². The predicted molar refractivity (Wildman–Crippen MR) is 92.9 cm³/mol. The van der Waals surface area contributed by atoms with Gasteiger partial charge in [0.25, 0.3) is 0 Å². The summed E-state index contributed by atoms with van der Waals surface area (Å²) in [5.41, 5.74) is 0.855. The third kappa shape index (κ3) is 4.01. The van der Waals surface area contributed by atoms with E-state index in [1.54, 1.807) is 18.2 Å². The second-order valence-corrected chi connectivity index (χ2v) is 6.83. The van der Waals surface area contributed by atoms with Crippen molar-refractivity contribution >= 4 is 60.8 Å². The lowest BCUT2D eigenvalue weighted by Gasteiger charge is -2.10. The minimum atomic E-state index is -0.202. The molecule has 0 amide bonds. The first-order chi connectivity index (χ1) is 9.92. The zero-order chi connectivity index (χ0) is 15.6. The SMILES string of the molecule is CCOc1cc(Cl)c(C(=O)c2cc(Br)cc(Br)c2)cc1Cl. The topological polar surface area (TPSA) is 26.3 Å². The van der Waals surface area contributed by atoms with Crippen LogP contribution in [0.4, 0.5) is 0 Å². The molecule has 0 saturated heterocycles. The van der Waals surface area contributed by atoms with E-state index in [0.717, 1.165) is 8.95 Å². The molecule has 0 N–H and O–H groups in total. The highest BCUT2D eigenvalue weighted by molar-refractivity contribution is 9.11. The van der Waals surface area contributed by atoms with E-state index in [1.807, 2.05) is 13.0 Å². The van der Waals surface area contributed by atoms with Gasteiger partial charge in [-0.15, -0.1) is 0 Å². The summed E-state index contributed by atoms with van der Waals surface area (Å²) in [6.07, 6.45) is 0. The van der Waals surface area contributed by atoms with Crippen LogP contribution < -0.4 is 4.74 Å². The number of hydrogen-bond donors (Lipinski definition) is 0. The van der Waals surface area contributed by atoms with Gasteiger partial charge in [-0.3, -0.25) is 4.79 Å². The molecule has 0 unspecified atom stereocenters. The average Bonchev–Trinajstić information content (AvgIpc) is 2.41. The van der Waals surface area contributed by atoms with Crippen LogP contribution in [0.15, 0.2) is 39.3 Å². The Morgan fingerprint density at radius 2 is 1.67 bits per heavy atom. The van der Waals surface area contributed by atoms with Crippen LogP contribution in [0.5, 0.6) is 5.75 Å². The lowest BCUT2D eigenvalue weighted by Crippen LogP contribution is -2.03. The summed E-state index contributed by atoms with van der Waals surface area (Å²) in [5, 5.41) is 0.669. The Morgan fingerprint density at radius 1 is 1.05 bits per heavy atom. The molecule has 0 aliphatic carbocycles. The maximum Gasteiger partial charge on any atom is 0.194 e. The van der Waals surface area contributed by atoms with E-state index >= 15 is 0 Å². The molecule has 0 atom stereocenters. The molecule has 0 aromatic heterocycles. The van der Waals surface area contributed by atoms with Gasteiger partial charge in [0.05, 0.1) is 16.7 Å². The highest BCUT2D eigenvalue weighted by Gasteiger charge is 2.17. The molecule has 0 fully saturated rings. The molecule has 2 rings (SSSR count). The Labute approximate surface area is 149 Å². The van der Waals surface area contributed by atoms with E-state index < -0.39 is 0 Å². The zero-order valence-electron chi connectivity index (χ0n) is 10.9. The highest BCUT2D eigenvalue weighted by Crippen LogP contribution is 2.33. The molecule has 0 saturated carbocycles. The number of hydrogen-bond acceptors (Lipinski definition) is 2. The van der Waals surface area contributed by atoms with Crippen LogP contribution in [-0.4, -0.2) is 12.4 Å². The van der Waals surface area contributed by atoms with Crippen molar-refractivity contribution in [3.63, 3.8) is 0 Å². The fraction of sp³-hybridized carbons (Fsp3) is 0.133. The van der Waals surface area contributed by atoms with Crippen molar-refractivity contribution in [2.45, 2.75) is 6.92 Å². The second kappa shape index (κ2) is 7.14. The largest absolute Gasteiger partial charge is 0.492 e. The summed E-state index contributed by atoms with van der Waals surface area (Å²) in [6.45, 7) is 2.32. The van der Waals surface area contributed by atoms with Crippen LogP contribution in [-0.2, 0) is 0 Å². The minimum Gasteiger partial charge on any atom is -0.492 e. The fourth-order valence-corrected chi connectivity index (χ4v) is 3.56. The van der Waals surface area contributed by atoms with Crippen LogP contribution in [0.3, 0.4) is 0 Å². The Morgan fingerprint density at radius 3 is 2.24 bits per heavy atom. The van der Waals surface area contributed by atoms with Crippen molar-refractivity contribution < 1.29 is 9.53 Å². The Bertz CT molecular complexity index is 682. The summed E-state index contributed by atoms with van der Waals surface area (Å²) in [7, 11) is 0. The van der Waals surface area contributed by atoms with Crippen molar-refractivity contribution in [1.82, 2.24) is 0 Å².